The predicted molar refractivity (Wildman–Crippen MR) is 238 cm³/mol. The number of carbonyl (C=O) groups excluding carboxylic acids is 3. The second-order valence-electron chi connectivity index (χ2n) is 16.4. The standard InChI is InChI=1S/C50H92O6/c1-4-7-10-13-16-18-20-22-23-24-25-26-28-29-31-34-37-40-43-49(52)55-46-47(45-54-48(51)42-39-36-33-15-12-9-6-3)56-50(53)44-41-38-35-32-30-27-21-19-17-14-11-8-5-2/h19,21,23-24,47H,4-18,20,22,25-46H2,1-3H3/b21-19-,24-23-. The van der Waals surface area contributed by atoms with E-state index < -0.39 is 6.10 Å². The van der Waals surface area contributed by atoms with Crippen molar-refractivity contribution in [2.75, 3.05) is 13.2 Å². The molecule has 6 heteroatoms. The Balaban J connectivity index is 4.25. The van der Waals surface area contributed by atoms with Crippen LogP contribution in [0.4, 0.5) is 0 Å². The first-order valence-corrected chi connectivity index (χ1v) is 24.3. The number of carbonyl (C=O) groups is 3. The fraction of sp³-hybridized carbons (Fsp3) is 0.860. The monoisotopic (exact) mass is 789 g/mol. The molecule has 0 saturated carbocycles. The summed E-state index contributed by atoms with van der Waals surface area (Å²) in [6.07, 6.45) is 50.3. The van der Waals surface area contributed by atoms with Gasteiger partial charge in [0.1, 0.15) is 13.2 Å². The highest BCUT2D eigenvalue weighted by atomic mass is 16.6. The van der Waals surface area contributed by atoms with Gasteiger partial charge in [0.15, 0.2) is 6.10 Å². The first kappa shape index (κ1) is 53.9. The Kier molecular flexibility index (Phi) is 43.9. The zero-order chi connectivity index (χ0) is 40.8. The molecule has 0 fully saturated rings. The molecule has 56 heavy (non-hydrogen) atoms. The lowest BCUT2D eigenvalue weighted by Gasteiger charge is -2.18. The molecule has 0 aliphatic heterocycles. The van der Waals surface area contributed by atoms with E-state index in [1.165, 1.54) is 154 Å². The van der Waals surface area contributed by atoms with E-state index in [0.29, 0.717) is 19.3 Å². The van der Waals surface area contributed by atoms with Gasteiger partial charge in [-0.25, -0.2) is 0 Å². The highest BCUT2D eigenvalue weighted by molar-refractivity contribution is 5.71. The minimum absolute atomic E-state index is 0.0739. The Bertz CT molecular complexity index is 911. The summed E-state index contributed by atoms with van der Waals surface area (Å²) >= 11 is 0. The van der Waals surface area contributed by atoms with Crippen molar-refractivity contribution >= 4 is 17.9 Å². The Morgan fingerprint density at radius 3 is 0.911 bits per heavy atom. The van der Waals surface area contributed by atoms with Crippen LogP contribution in [-0.4, -0.2) is 37.2 Å². The van der Waals surface area contributed by atoms with E-state index in [9.17, 15) is 14.4 Å². The molecule has 0 amide bonds. The van der Waals surface area contributed by atoms with E-state index in [1.807, 2.05) is 0 Å². The summed E-state index contributed by atoms with van der Waals surface area (Å²) in [6.45, 7) is 6.58. The van der Waals surface area contributed by atoms with Gasteiger partial charge in [-0.3, -0.25) is 14.4 Å². The van der Waals surface area contributed by atoms with Crippen molar-refractivity contribution in [2.45, 2.75) is 264 Å². The van der Waals surface area contributed by atoms with Crippen LogP contribution < -0.4 is 0 Å². The minimum Gasteiger partial charge on any atom is -0.462 e. The van der Waals surface area contributed by atoms with Gasteiger partial charge in [-0.2, -0.15) is 0 Å². The number of esters is 3. The highest BCUT2D eigenvalue weighted by Crippen LogP contribution is 2.14. The van der Waals surface area contributed by atoms with Gasteiger partial charge in [0.2, 0.25) is 0 Å². The number of unbranched alkanes of at least 4 members (excludes halogenated alkanes) is 29. The first-order chi connectivity index (χ1) is 27.5. The zero-order valence-electron chi connectivity index (χ0n) is 37.4. The van der Waals surface area contributed by atoms with Gasteiger partial charge in [-0.05, 0) is 70.6 Å². The van der Waals surface area contributed by atoms with E-state index in [-0.39, 0.29) is 31.1 Å². The van der Waals surface area contributed by atoms with Gasteiger partial charge in [0.05, 0.1) is 0 Å². The van der Waals surface area contributed by atoms with Crippen molar-refractivity contribution in [2.24, 2.45) is 0 Å². The van der Waals surface area contributed by atoms with Gasteiger partial charge in [0, 0.05) is 19.3 Å². The molecule has 0 saturated heterocycles. The van der Waals surface area contributed by atoms with Crippen LogP contribution >= 0.6 is 0 Å². The largest absolute Gasteiger partial charge is 0.462 e. The lowest BCUT2D eigenvalue weighted by atomic mass is 10.1. The lowest BCUT2D eigenvalue weighted by Crippen LogP contribution is -2.30. The number of allylic oxidation sites excluding steroid dienone is 4. The van der Waals surface area contributed by atoms with E-state index in [4.69, 9.17) is 14.2 Å². The third-order valence-corrected chi connectivity index (χ3v) is 10.7. The van der Waals surface area contributed by atoms with Gasteiger partial charge in [0.25, 0.3) is 0 Å². The second-order valence-corrected chi connectivity index (χ2v) is 16.4. The van der Waals surface area contributed by atoms with Crippen LogP contribution in [0.5, 0.6) is 0 Å². The number of rotatable bonds is 44. The molecule has 1 atom stereocenters. The summed E-state index contributed by atoms with van der Waals surface area (Å²) in [5.74, 6) is -0.887. The van der Waals surface area contributed by atoms with Gasteiger partial charge >= 0.3 is 17.9 Å². The average Bonchev–Trinajstić information content (AvgIpc) is 3.19. The molecular weight excluding hydrogens is 697 g/mol. The average molecular weight is 789 g/mol. The molecule has 0 N–H and O–H groups in total. The van der Waals surface area contributed by atoms with Crippen LogP contribution in [0, 0.1) is 0 Å². The van der Waals surface area contributed by atoms with Gasteiger partial charge in [-0.1, -0.05) is 193 Å². The molecule has 0 aromatic rings. The zero-order valence-corrected chi connectivity index (χ0v) is 37.4. The van der Waals surface area contributed by atoms with E-state index in [2.05, 4.69) is 45.1 Å². The summed E-state index contributed by atoms with van der Waals surface area (Å²) in [6, 6.07) is 0. The third kappa shape index (κ3) is 43.0. The molecule has 0 heterocycles. The summed E-state index contributed by atoms with van der Waals surface area (Å²) in [4.78, 5) is 37.7. The Labute approximate surface area is 347 Å². The molecule has 0 radical (unpaired) electrons. The molecule has 6 nitrogen and oxygen atoms in total. The van der Waals surface area contributed by atoms with Crippen molar-refractivity contribution in [1.29, 1.82) is 0 Å². The predicted octanol–water partition coefficient (Wildman–Crippen LogP) is 15.6. The van der Waals surface area contributed by atoms with Crippen LogP contribution in [0.25, 0.3) is 0 Å². The van der Waals surface area contributed by atoms with Crippen molar-refractivity contribution in [3.63, 3.8) is 0 Å². The fourth-order valence-corrected chi connectivity index (χ4v) is 6.96. The molecule has 0 aromatic heterocycles. The van der Waals surface area contributed by atoms with Crippen molar-refractivity contribution in [3.8, 4) is 0 Å². The van der Waals surface area contributed by atoms with Gasteiger partial charge in [-0.15, -0.1) is 0 Å². The van der Waals surface area contributed by atoms with Crippen LogP contribution in [-0.2, 0) is 28.6 Å². The first-order valence-electron chi connectivity index (χ1n) is 24.3. The van der Waals surface area contributed by atoms with Crippen LogP contribution in [0.15, 0.2) is 24.3 Å². The van der Waals surface area contributed by atoms with Crippen molar-refractivity contribution in [3.05, 3.63) is 24.3 Å². The molecule has 0 aliphatic carbocycles. The molecule has 328 valence electrons. The second kappa shape index (κ2) is 45.6. The smallest absolute Gasteiger partial charge is 0.306 e. The third-order valence-electron chi connectivity index (χ3n) is 10.7. The molecule has 0 bridgehead atoms. The van der Waals surface area contributed by atoms with Crippen LogP contribution in [0.2, 0.25) is 0 Å². The molecule has 0 rings (SSSR count). The topological polar surface area (TPSA) is 78.9 Å². The molecular formula is C50H92O6. The number of hydrogen-bond donors (Lipinski definition) is 0. The van der Waals surface area contributed by atoms with Crippen LogP contribution in [0.3, 0.4) is 0 Å². The molecule has 0 aromatic carbocycles. The molecule has 0 aliphatic rings. The van der Waals surface area contributed by atoms with Crippen molar-refractivity contribution in [1.82, 2.24) is 0 Å². The molecule has 1 unspecified atom stereocenters. The maximum Gasteiger partial charge on any atom is 0.306 e. The molecule has 0 spiro atoms. The summed E-state index contributed by atoms with van der Waals surface area (Å²) in [5.41, 5.74) is 0. The van der Waals surface area contributed by atoms with Gasteiger partial charge < -0.3 is 14.2 Å². The Hall–Kier alpha value is -2.11. The normalized spacial score (nSPS) is 12.1. The summed E-state index contributed by atoms with van der Waals surface area (Å²) in [7, 11) is 0. The van der Waals surface area contributed by atoms with E-state index >= 15 is 0 Å². The van der Waals surface area contributed by atoms with Crippen LogP contribution in [0.1, 0.15) is 258 Å². The fourth-order valence-electron chi connectivity index (χ4n) is 6.96. The SMILES string of the molecule is CCCCCC/C=C\CCCCCCCC(=O)OC(COC(=O)CCCCCCCCC)COC(=O)CCCCCCCCC/C=C\CCCCCCCCC. The maximum atomic E-state index is 12.7. The quantitative estimate of drug-likeness (QED) is 0.0265. The Morgan fingerprint density at radius 1 is 0.339 bits per heavy atom. The number of hydrogen-bond acceptors (Lipinski definition) is 6. The maximum absolute atomic E-state index is 12.7. The summed E-state index contributed by atoms with van der Waals surface area (Å²) in [5, 5.41) is 0. The Morgan fingerprint density at radius 2 is 0.589 bits per heavy atom. The minimum atomic E-state index is -0.770. The van der Waals surface area contributed by atoms with E-state index in [0.717, 1.165) is 64.2 Å². The van der Waals surface area contributed by atoms with Crippen molar-refractivity contribution < 1.29 is 28.6 Å². The van der Waals surface area contributed by atoms with E-state index in [1.54, 1.807) is 0 Å². The summed E-state index contributed by atoms with van der Waals surface area (Å²) < 4.78 is 16.7. The highest BCUT2D eigenvalue weighted by Gasteiger charge is 2.19. The number of ether oxygens (including phenoxy) is 3. The lowest BCUT2D eigenvalue weighted by molar-refractivity contribution is -0.167.